The van der Waals surface area contributed by atoms with E-state index in [4.69, 9.17) is 18.0 Å². The van der Waals surface area contributed by atoms with E-state index in [0.717, 1.165) is 25.3 Å². The molecule has 2 aliphatic rings. The predicted molar refractivity (Wildman–Crippen MR) is 100 cm³/mol. The van der Waals surface area contributed by atoms with Gasteiger partial charge in [-0.25, -0.2) is 0 Å². The lowest BCUT2D eigenvalue weighted by Gasteiger charge is -2.36. The largest absolute Gasteiger partial charge is 0.376 e. The number of hydrogen-bond acceptors (Lipinski definition) is 2. The van der Waals surface area contributed by atoms with E-state index >= 15 is 0 Å². The molecule has 1 aliphatic carbocycles. The third kappa shape index (κ3) is 2.26. The van der Waals surface area contributed by atoms with E-state index in [0.29, 0.717) is 17.1 Å². The van der Waals surface area contributed by atoms with Crippen LogP contribution in [-0.4, -0.2) is 22.3 Å². The fourth-order valence-corrected chi connectivity index (χ4v) is 4.46. The molecule has 5 heteroatoms. The lowest BCUT2D eigenvalue weighted by Crippen LogP contribution is -2.43. The van der Waals surface area contributed by atoms with Gasteiger partial charge in [0.25, 0.3) is 0 Å². The summed E-state index contributed by atoms with van der Waals surface area (Å²) in [5.74, 6) is 1.64. The van der Waals surface area contributed by atoms with Crippen molar-refractivity contribution in [3.8, 4) is 0 Å². The Kier molecular flexibility index (Phi) is 3.62. The summed E-state index contributed by atoms with van der Waals surface area (Å²) >= 11 is 5.11. The second-order valence-electron chi connectivity index (χ2n) is 6.47. The van der Waals surface area contributed by atoms with Crippen LogP contribution in [0.5, 0.6) is 0 Å². The maximum absolute atomic E-state index is 5.79. The molecular formula is C18H22N4S. The highest BCUT2D eigenvalue weighted by atomic mass is 32.1. The van der Waals surface area contributed by atoms with Crippen LogP contribution in [0.15, 0.2) is 30.9 Å². The lowest BCUT2D eigenvalue weighted by molar-refractivity contribution is 0.345. The molecule has 1 aromatic heterocycles. The minimum Gasteiger partial charge on any atom is -0.376 e. The van der Waals surface area contributed by atoms with Crippen LogP contribution >= 0.6 is 12.2 Å². The molecule has 120 valence electrons. The molecule has 1 aliphatic heterocycles. The van der Waals surface area contributed by atoms with Crippen molar-refractivity contribution in [3.63, 3.8) is 0 Å². The number of benzene rings is 1. The highest BCUT2D eigenvalue weighted by Gasteiger charge is 2.35. The predicted octanol–water partition coefficient (Wildman–Crippen LogP) is 2.87. The first kappa shape index (κ1) is 14.7. The van der Waals surface area contributed by atoms with E-state index in [-0.39, 0.29) is 0 Å². The highest BCUT2D eigenvalue weighted by Crippen LogP contribution is 2.44. The van der Waals surface area contributed by atoms with Gasteiger partial charge in [-0.3, -0.25) is 0 Å². The third-order valence-electron chi connectivity index (χ3n) is 5.18. The summed E-state index contributed by atoms with van der Waals surface area (Å²) in [7, 11) is 0. The van der Waals surface area contributed by atoms with Gasteiger partial charge in [0, 0.05) is 29.5 Å². The first-order chi connectivity index (χ1) is 11.2. The number of nitrogens with zero attached hydrogens (tertiary/aromatic N) is 1. The average Bonchev–Trinajstić information content (AvgIpc) is 2.83. The summed E-state index contributed by atoms with van der Waals surface area (Å²) in [5, 5.41) is 8.63. The van der Waals surface area contributed by atoms with Gasteiger partial charge >= 0.3 is 0 Å². The molecule has 1 unspecified atom stereocenters. The van der Waals surface area contributed by atoms with Crippen LogP contribution in [0.25, 0.3) is 10.9 Å². The molecular weight excluding hydrogens is 304 g/mol. The van der Waals surface area contributed by atoms with E-state index in [9.17, 15) is 0 Å². The standard InChI is InChI=1S/C18H22N4S/c1-2-9-22-15-7-3-5-12-11-6-4-8-20-14(11)10-13(16(12)15)17(22)21-18(19)23/h2-3,5,7,11,14,20H,1,4,6,8-10H2,(H3,19,21,23)/t11?,14-/m1/s1. The number of piperidine rings is 1. The van der Waals surface area contributed by atoms with Crippen molar-refractivity contribution >= 4 is 34.1 Å². The fraction of sp³-hybridized carbons (Fsp3) is 0.389. The van der Waals surface area contributed by atoms with Crippen molar-refractivity contribution in [1.82, 2.24) is 9.88 Å². The van der Waals surface area contributed by atoms with Gasteiger partial charge < -0.3 is 20.9 Å². The molecule has 2 atom stereocenters. The molecule has 0 spiro atoms. The zero-order chi connectivity index (χ0) is 16.0. The fourth-order valence-electron chi connectivity index (χ4n) is 4.36. The zero-order valence-electron chi connectivity index (χ0n) is 13.1. The van der Waals surface area contributed by atoms with Crippen molar-refractivity contribution in [2.45, 2.75) is 37.8 Å². The van der Waals surface area contributed by atoms with Gasteiger partial charge in [-0.05, 0) is 49.7 Å². The summed E-state index contributed by atoms with van der Waals surface area (Å²) in [6.07, 6.45) is 5.45. The molecule has 0 radical (unpaired) electrons. The van der Waals surface area contributed by atoms with Crippen LogP contribution < -0.4 is 16.4 Å². The Morgan fingerprint density at radius 3 is 3.17 bits per heavy atom. The first-order valence-electron chi connectivity index (χ1n) is 8.25. The summed E-state index contributed by atoms with van der Waals surface area (Å²) in [4.78, 5) is 0. The molecule has 4 nitrogen and oxygen atoms in total. The molecule has 2 heterocycles. The molecule has 1 aromatic carbocycles. The molecule has 1 fully saturated rings. The summed E-state index contributed by atoms with van der Waals surface area (Å²) in [6.45, 7) is 5.76. The van der Waals surface area contributed by atoms with Crippen LogP contribution in [0.4, 0.5) is 5.82 Å². The quantitative estimate of drug-likeness (QED) is 0.600. The van der Waals surface area contributed by atoms with E-state index in [1.54, 1.807) is 0 Å². The average molecular weight is 326 g/mol. The summed E-state index contributed by atoms with van der Waals surface area (Å²) in [6, 6.07) is 7.15. The van der Waals surface area contributed by atoms with Crippen LogP contribution in [0.3, 0.4) is 0 Å². The number of nitrogens with one attached hydrogen (secondary N) is 2. The van der Waals surface area contributed by atoms with Gasteiger partial charge in [0.05, 0.1) is 5.52 Å². The van der Waals surface area contributed by atoms with Crippen LogP contribution in [0.1, 0.15) is 29.9 Å². The molecule has 0 amide bonds. The number of anilines is 1. The maximum atomic E-state index is 5.79. The lowest BCUT2D eigenvalue weighted by atomic mass is 9.76. The molecule has 4 N–H and O–H groups in total. The highest BCUT2D eigenvalue weighted by molar-refractivity contribution is 7.80. The molecule has 2 aromatic rings. The summed E-state index contributed by atoms with van der Waals surface area (Å²) < 4.78 is 2.25. The number of hydrogen-bond donors (Lipinski definition) is 3. The van der Waals surface area contributed by atoms with Crippen molar-refractivity contribution in [2.24, 2.45) is 5.73 Å². The van der Waals surface area contributed by atoms with Crippen LogP contribution in [-0.2, 0) is 13.0 Å². The van der Waals surface area contributed by atoms with Gasteiger partial charge in [-0.2, -0.15) is 0 Å². The van der Waals surface area contributed by atoms with Crippen molar-refractivity contribution in [1.29, 1.82) is 0 Å². The topological polar surface area (TPSA) is 55.0 Å². The molecule has 1 saturated heterocycles. The van der Waals surface area contributed by atoms with E-state index in [1.165, 1.54) is 34.9 Å². The van der Waals surface area contributed by atoms with Gasteiger partial charge in [0.15, 0.2) is 5.11 Å². The van der Waals surface area contributed by atoms with E-state index in [1.807, 2.05) is 6.08 Å². The molecule has 0 bridgehead atoms. The second-order valence-corrected chi connectivity index (χ2v) is 6.91. The Bertz CT molecular complexity index is 792. The molecule has 4 rings (SSSR count). The minimum atomic E-state index is 0.314. The number of allylic oxidation sites excluding steroid dienone is 1. The van der Waals surface area contributed by atoms with Crippen LogP contribution in [0, 0.1) is 0 Å². The maximum Gasteiger partial charge on any atom is 0.169 e. The number of fused-ring (bicyclic) bond motifs is 2. The number of rotatable bonds is 3. The Hall–Kier alpha value is -1.85. The van der Waals surface area contributed by atoms with Gasteiger partial charge in [0.1, 0.15) is 5.82 Å². The zero-order valence-corrected chi connectivity index (χ0v) is 14.0. The van der Waals surface area contributed by atoms with Crippen LogP contribution in [0.2, 0.25) is 0 Å². The van der Waals surface area contributed by atoms with Crippen molar-refractivity contribution < 1.29 is 0 Å². The van der Waals surface area contributed by atoms with Crippen molar-refractivity contribution in [3.05, 3.63) is 42.0 Å². The second kappa shape index (κ2) is 5.65. The van der Waals surface area contributed by atoms with Gasteiger partial charge in [0.2, 0.25) is 0 Å². The summed E-state index contributed by atoms with van der Waals surface area (Å²) in [5.41, 5.74) is 9.84. The Balaban J connectivity index is 1.98. The number of thiocarbonyl (C=S) groups is 1. The molecule has 0 saturated carbocycles. The Morgan fingerprint density at radius 1 is 1.52 bits per heavy atom. The van der Waals surface area contributed by atoms with Crippen molar-refractivity contribution in [2.75, 3.05) is 11.9 Å². The number of aromatic nitrogens is 1. The Labute approximate surface area is 141 Å². The first-order valence-corrected chi connectivity index (χ1v) is 8.66. The minimum absolute atomic E-state index is 0.314. The smallest absolute Gasteiger partial charge is 0.169 e. The number of nitrogens with two attached hydrogens (primary N) is 1. The monoisotopic (exact) mass is 326 g/mol. The SMILES string of the molecule is C=CCn1c(NC(N)=S)c2c3c(cccc31)C1CCCN[C@@H]1C2. The normalized spacial score (nSPS) is 22.6. The van der Waals surface area contributed by atoms with Gasteiger partial charge in [-0.1, -0.05) is 18.2 Å². The van der Waals surface area contributed by atoms with E-state index < -0.39 is 0 Å². The van der Waals surface area contributed by atoms with Gasteiger partial charge in [-0.15, -0.1) is 6.58 Å². The third-order valence-corrected chi connectivity index (χ3v) is 5.29. The molecule has 23 heavy (non-hydrogen) atoms. The Morgan fingerprint density at radius 2 is 2.39 bits per heavy atom. The van der Waals surface area contributed by atoms with E-state index in [2.05, 4.69) is 40.0 Å².